The Bertz CT molecular complexity index is 1720. The second kappa shape index (κ2) is 10.6. The van der Waals surface area contributed by atoms with Gasteiger partial charge in [-0.1, -0.05) is 18.2 Å². The van der Waals surface area contributed by atoms with Crippen LogP contribution in [-0.2, 0) is 10.0 Å². The lowest BCUT2D eigenvalue weighted by Gasteiger charge is -2.11. The van der Waals surface area contributed by atoms with E-state index < -0.39 is 10.0 Å². The Morgan fingerprint density at radius 1 is 0.744 bits per heavy atom. The van der Waals surface area contributed by atoms with Crippen molar-refractivity contribution in [3.8, 4) is 28.9 Å². The van der Waals surface area contributed by atoms with Gasteiger partial charge >= 0.3 is 0 Å². The topological polar surface area (TPSA) is 108 Å². The van der Waals surface area contributed by atoms with Crippen LogP contribution in [0.3, 0.4) is 0 Å². The molecule has 198 valence electrons. The highest BCUT2D eigenvalue weighted by molar-refractivity contribution is 7.92. The predicted molar refractivity (Wildman–Crippen MR) is 148 cm³/mol. The van der Waals surface area contributed by atoms with Gasteiger partial charge in [0.1, 0.15) is 23.1 Å². The highest BCUT2D eigenvalue weighted by Crippen LogP contribution is 2.27. The van der Waals surface area contributed by atoms with Gasteiger partial charge in [0.05, 0.1) is 10.6 Å². The summed E-state index contributed by atoms with van der Waals surface area (Å²) in [6.45, 7) is 7.74. The fourth-order valence-electron chi connectivity index (χ4n) is 3.87. The first-order chi connectivity index (χ1) is 18.7. The van der Waals surface area contributed by atoms with Crippen molar-refractivity contribution in [3.63, 3.8) is 0 Å². The molecule has 9 nitrogen and oxygen atoms in total. The lowest BCUT2D eigenvalue weighted by molar-refractivity contribution is 0.459. The van der Waals surface area contributed by atoms with Gasteiger partial charge in [-0.25, -0.2) is 18.1 Å². The summed E-state index contributed by atoms with van der Waals surface area (Å²) < 4.78 is 41.8. The van der Waals surface area contributed by atoms with Crippen LogP contribution < -0.4 is 14.2 Å². The molecule has 0 amide bonds. The number of nitrogens with one attached hydrogen (secondary N) is 1. The molecule has 5 rings (SSSR count). The number of hydrogen-bond acceptors (Lipinski definition) is 7. The van der Waals surface area contributed by atoms with E-state index in [4.69, 9.17) is 9.47 Å². The van der Waals surface area contributed by atoms with Crippen molar-refractivity contribution < 1.29 is 17.9 Å². The van der Waals surface area contributed by atoms with Gasteiger partial charge in [-0.3, -0.25) is 4.72 Å². The fraction of sp³-hybridized carbons (Fsp3) is 0.138. The van der Waals surface area contributed by atoms with E-state index in [1.165, 1.54) is 12.1 Å². The zero-order valence-corrected chi connectivity index (χ0v) is 22.7. The molecule has 2 heterocycles. The van der Waals surface area contributed by atoms with Crippen molar-refractivity contribution in [2.24, 2.45) is 0 Å². The molecule has 0 aliphatic heterocycles. The number of benzene rings is 3. The third-order valence-electron chi connectivity index (χ3n) is 6.11. The van der Waals surface area contributed by atoms with E-state index in [1.807, 2.05) is 51.1 Å². The van der Waals surface area contributed by atoms with E-state index in [0.717, 1.165) is 17.0 Å². The molecule has 0 aliphatic carbocycles. The zero-order valence-electron chi connectivity index (χ0n) is 21.9. The average molecular weight is 542 g/mol. The molecule has 3 aromatic carbocycles. The van der Waals surface area contributed by atoms with Gasteiger partial charge in [0.15, 0.2) is 5.82 Å². The van der Waals surface area contributed by atoms with Crippen LogP contribution >= 0.6 is 0 Å². The number of aromatic nitrogens is 4. The minimum absolute atomic E-state index is 0.117. The van der Waals surface area contributed by atoms with Gasteiger partial charge in [-0.05, 0) is 93.9 Å². The second-order valence-electron chi connectivity index (χ2n) is 8.94. The van der Waals surface area contributed by atoms with Crippen molar-refractivity contribution in [1.29, 1.82) is 0 Å². The summed E-state index contributed by atoms with van der Waals surface area (Å²) in [5.41, 5.74) is 3.42. The van der Waals surface area contributed by atoms with E-state index >= 15 is 0 Å². The highest BCUT2D eigenvalue weighted by atomic mass is 32.2. The molecule has 0 atom stereocenters. The molecule has 10 heteroatoms. The summed E-state index contributed by atoms with van der Waals surface area (Å²) in [6, 6.07) is 23.8. The maximum Gasteiger partial charge on any atom is 0.261 e. The average Bonchev–Trinajstić information content (AvgIpc) is 3.17. The highest BCUT2D eigenvalue weighted by Gasteiger charge is 2.16. The largest absolute Gasteiger partial charge is 0.457 e. The number of para-hydroxylation sites is 1. The quantitative estimate of drug-likeness (QED) is 0.246. The van der Waals surface area contributed by atoms with Gasteiger partial charge in [0.2, 0.25) is 5.88 Å². The number of rotatable bonds is 8. The molecule has 1 N–H and O–H groups in total. The first-order valence-electron chi connectivity index (χ1n) is 12.2. The number of aryl methyl sites for hydroxylation is 2. The summed E-state index contributed by atoms with van der Waals surface area (Å²) >= 11 is 0. The van der Waals surface area contributed by atoms with Gasteiger partial charge in [-0.15, -0.1) is 0 Å². The van der Waals surface area contributed by atoms with E-state index in [0.29, 0.717) is 40.5 Å². The van der Waals surface area contributed by atoms with Gasteiger partial charge < -0.3 is 9.47 Å². The van der Waals surface area contributed by atoms with E-state index in [-0.39, 0.29) is 4.90 Å². The molecule has 0 unspecified atom stereocenters. The van der Waals surface area contributed by atoms with Gasteiger partial charge in [0.25, 0.3) is 10.0 Å². The summed E-state index contributed by atoms with van der Waals surface area (Å²) in [5, 5.41) is 4.56. The molecule has 5 aromatic rings. The molecule has 39 heavy (non-hydrogen) atoms. The van der Waals surface area contributed by atoms with E-state index in [2.05, 4.69) is 19.8 Å². The number of ether oxygens (including phenoxy) is 2. The first kappa shape index (κ1) is 25.9. The third kappa shape index (κ3) is 5.91. The van der Waals surface area contributed by atoms with E-state index in [1.54, 1.807) is 54.1 Å². The Morgan fingerprint density at radius 3 is 2.00 bits per heavy atom. The van der Waals surface area contributed by atoms with Crippen molar-refractivity contribution >= 4 is 15.7 Å². The smallest absolute Gasteiger partial charge is 0.261 e. The lowest BCUT2D eigenvalue weighted by Crippen LogP contribution is -2.12. The number of anilines is 1. The zero-order chi connectivity index (χ0) is 27.6. The maximum atomic E-state index is 12.9. The standard InChI is InChI=1S/C29H27N5O4S/c1-19-20(2)32-34(21(19)3)28-18-29(31-22(4)30-28)38-26-12-10-23(11-13-26)33-39(35,36)27-16-14-25(15-17-27)37-24-8-6-5-7-9-24/h5-18,33H,1-4H3. The number of hydrogen-bond donors (Lipinski definition) is 1. The third-order valence-corrected chi connectivity index (χ3v) is 7.51. The van der Waals surface area contributed by atoms with Gasteiger partial charge in [-0.2, -0.15) is 10.1 Å². The van der Waals surface area contributed by atoms with Crippen LogP contribution in [0.25, 0.3) is 5.82 Å². The summed E-state index contributed by atoms with van der Waals surface area (Å²) in [5.74, 6) is 3.21. The van der Waals surface area contributed by atoms with Crippen molar-refractivity contribution in [1.82, 2.24) is 19.7 Å². The Labute approximate surface area is 227 Å². The van der Waals surface area contributed by atoms with Crippen LogP contribution in [0.2, 0.25) is 0 Å². The van der Waals surface area contributed by atoms with Gasteiger partial charge in [0, 0.05) is 17.4 Å². The van der Waals surface area contributed by atoms with Crippen LogP contribution in [0, 0.1) is 27.7 Å². The Morgan fingerprint density at radius 2 is 1.36 bits per heavy atom. The number of sulfonamides is 1. The molecule has 2 aromatic heterocycles. The molecular weight excluding hydrogens is 514 g/mol. The number of nitrogens with zero attached hydrogens (tertiary/aromatic N) is 4. The summed E-state index contributed by atoms with van der Waals surface area (Å²) in [4.78, 5) is 8.98. The van der Waals surface area contributed by atoms with Crippen LogP contribution in [0.1, 0.15) is 22.8 Å². The molecule has 0 saturated heterocycles. The SMILES string of the molecule is Cc1nc(Oc2ccc(NS(=O)(=O)c3ccc(Oc4ccccc4)cc3)cc2)cc(-n2nc(C)c(C)c2C)n1. The fourth-order valence-corrected chi connectivity index (χ4v) is 4.93. The Hall–Kier alpha value is -4.70. The maximum absolute atomic E-state index is 12.9. The minimum atomic E-state index is -3.80. The molecule has 0 fully saturated rings. The van der Waals surface area contributed by atoms with Crippen molar-refractivity contribution in [3.05, 3.63) is 108 Å². The van der Waals surface area contributed by atoms with Crippen LogP contribution in [0.4, 0.5) is 5.69 Å². The molecule has 0 radical (unpaired) electrons. The molecule has 0 aliphatic rings. The summed E-state index contributed by atoms with van der Waals surface area (Å²) in [6.07, 6.45) is 0. The van der Waals surface area contributed by atoms with Crippen molar-refractivity contribution in [2.75, 3.05) is 4.72 Å². The second-order valence-corrected chi connectivity index (χ2v) is 10.6. The Balaban J connectivity index is 1.27. The van der Waals surface area contributed by atoms with Crippen LogP contribution in [0.5, 0.6) is 23.1 Å². The molecule has 0 saturated carbocycles. The van der Waals surface area contributed by atoms with E-state index in [9.17, 15) is 8.42 Å². The van der Waals surface area contributed by atoms with Crippen LogP contribution in [-0.4, -0.2) is 28.2 Å². The first-order valence-corrected chi connectivity index (χ1v) is 13.7. The molecule has 0 spiro atoms. The van der Waals surface area contributed by atoms with Crippen molar-refractivity contribution in [2.45, 2.75) is 32.6 Å². The monoisotopic (exact) mass is 541 g/mol. The predicted octanol–water partition coefficient (Wildman–Crippen LogP) is 6.28. The lowest BCUT2D eigenvalue weighted by atomic mass is 10.2. The molecule has 0 bridgehead atoms. The molecular formula is C29H27N5O4S. The Kier molecular flexibility index (Phi) is 7.03. The summed E-state index contributed by atoms with van der Waals surface area (Å²) in [7, 11) is -3.80. The van der Waals surface area contributed by atoms with Crippen LogP contribution in [0.15, 0.2) is 89.8 Å². The minimum Gasteiger partial charge on any atom is -0.457 e. The normalized spacial score (nSPS) is 11.3.